The van der Waals surface area contributed by atoms with Gasteiger partial charge in [-0.25, -0.2) is 12.6 Å². The van der Waals surface area contributed by atoms with Crippen LogP contribution in [0, 0.1) is 0 Å². The van der Waals surface area contributed by atoms with Crippen molar-refractivity contribution in [1.82, 2.24) is 0 Å². The van der Waals surface area contributed by atoms with Gasteiger partial charge in [-0.05, 0) is 6.42 Å². The predicted octanol–water partition coefficient (Wildman–Crippen LogP) is 2.38. The second kappa shape index (κ2) is 13.1. The first kappa shape index (κ1) is 22.8. The Balaban J connectivity index is 3.51. The number of rotatable bonds is 16. The third-order valence-corrected chi connectivity index (χ3v) is 5.47. The van der Waals surface area contributed by atoms with E-state index in [2.05, 4.69) is 11.1 Å². The molecule has 0 radical (unpaired) electrons. The number of unbranched alkanes of at least 4 members (excludes halogenated alkanes) is 7. The minimum atomic E-state index is -4.46. The number of sulfone groups is 1. The van der Waals surface area contributed by atoms with Crippen LogP contribution in [0.5, 0.6) is 0 Å². The fourth-order valence-corrected chi connectivity index (χ4v) is 3.54. The topological polar surface area (TPSA) is 107 Å². The minimum absolute atomic E-state index is 0.00577. The van der Waals surface area contributed by atoms with Crippen LogP contribution in [0.15, 0.2) is 0 Å². The van der Waals surface area contributed by atoms with Gasteiger partial charge in [0.1, 0.15) is 0 Å². The Kier molecular flexibility index (Phi) is 13.0. The van der Waals surface area contributed by atoms with Crippen molar-refractivity contribution in [2.45, 2.75) is 58.3 Å². The molecule has 0 spiro atoms. The van der Waals surface area contributed by atoms with Gasteiger partial charge in [0.05, 0.1) is 31.3 Å². The van der Waals surface area contributed by atoms with Gasteiger partial charge in [-0.2, -0.15) is 8.42 Å². The Morgan fingerprint density at radius 1 is 0.739 bits per heavy atom. The molecule has 0 aliphatic heterocycles. The smallest absolute Gasteiger partial charge is 0.378 e. The SMILES string of the molecule is CCCCCCCCCCS(=O)(=O)CCOCCOS(=O)(=O)O. The summed E-state index contributed by atoms with van der Waals surface area (Å²) in [6.07, 6.45) is 8.80. The maximum atomic E-state index is 11.7. The molecule has 0 saturated heterocycles. The van der Waals surface area contributed by atoms with Gasteiger partial charge < -0.3 is 4.74 Å². The molecular weight excluding hydrogens is 344 g/mol. The average Bonchev–Trinajstić information content (AvgIpc) is 2.44. The van der Waals surface area contributed by atoms with Crippen LogP contribution in [0.4, 0.5) is 0 Å². The van der Waals surface area contributed by atoms with E-state index in [0.717, 1.165) is 19.3 Å². The molecule has 0 aliphatic carbocycles. The molecule has 0 unspecified atom stereocenters. The summed E-state index contributed by atoms with van der Waals surface area (Å²) in [6, 6.07) is 0. The zero-order valence-corrected chi connectivity index (χ0v) is 15.5. The molecule has 7 nitrogen and oxygen atoms in total. The van der Waals surface area contributed by atoms with Crippen molar-refractivity contribution in [3.63, 3.8) is 0 Å². The van der Waals surface area contributed by atoms with Crippen LogP contribution in [0.25, 0.3) is 0 Å². The molecule has 0 aromatic carbocycles. The molecular formula is C14H30O7S2. The van der Waals surface area contributed by atoms with E-state index in [-0.39, 0.29) is 31.3 Å². The maximum absolute atomic E-state index is 11.7. The maximum Gasteiger partial charge on any atom is 0.397 e. The highest BCUT2D eigenvalue weighted by Gasteiger charge is 2.10. The van der Waals surface area contributed by atoms with Crippen LogP contribution in [-0.2, 0) is 29.2 Å². The van der Waals surface area contributed by atoms with E-state index in [9.17, 15) is 16.8 Å². The lowest BCUT2D eigenvalue weighted by molar-refractivity contribution is 0.108. The molecule has 0 heterocycles. The van der Waals surface area contributed by atoms with Crippen molar-refractivity contribution in [3.8, 4) is 0 Å². The van der Waals surface area contributed by atoms with Gasteiger partial charge in [0.2, 0.25) is 0 Å². The molecule has 0 aromatic heterocycles. The number of ether oxygens (including phenoxy) is 1. The largest absolute Gasteiger partial charge is 0.397 e. The first-order chi connectivity index (χ1) is 10.8. The number of hydrogen-bond acceptors (Lipinski definition) is 6. The lowest BCUT2D eigenvalue weighted by Gasteiger charge is -2.06. The normalized spacial score (nSPS) is 12.6. The molecule has 0 bridgehead atoms. The summed E-state index contributed by atoms with van der Waals surface area (Å²) in [4.78, 5) is 0. The Morgan fingerprint density at radius 2 is 1.30 bits per heavy atom. The highest BCUT2D eigenvalue weighted by Crippen LogP contribution is 2.09. The van der Waals surface area contributed by atoms with Gasteiger partial charge in [0.15, 0.2) is 9.84 Å². The van der Waals surface area contributed by atoms with Gasteiger partial charge in [0, 0.05) is 0 Å². The van der Waals surface area contributed by atoms with Crippen LogP contribution >= 0.6 is 0 Å². The van der Waals surface area contributed by atoms with E-state index < -0.39 is 20.2 Å². The van der Waals surface area contributed by atoms with E-state index in [0.29, 0.717) is 6.42 Å². The van der Waals surface area contributed by atoms with Crippen molar-refractivity contribution in [1.29, 1.82) is 0 Å². The predicted molar refractivity (Wildman–Crippen MR) is 89.6 cm³/mol. The lowest BCUT2D eigenvalue weighted by Crippen LogP contribution is -2.17. The summed E-state index contributed by atoms with van der Waals surface area (Å²) in [5, 5.41) is 0. The van der Waals surface area contributed by atoms with E-state index in [1.807, 2.05) is 0 Å². The van der Waals surface area contributed by atoms with E-state index in [1.165, 1.54) is 25.7 Å². The number of hydrogen-bond donors (Lipinski definition) is 1. The lowest BCUT2D eigenvalue weighted by atomic mass is 10.1. The molecule has 0 fully saturated rings. The minimum Gasteiger partial charge on any atom is -0.378 e. The second-order valence-corrected chi connectivity index (χ2v) is 8.88. The molecule has 0 atom stereocenters. The standard InChI is InChI=1S/C14H30O7S2/c1-2-3-4-5-6-7-8-9-13-22(15,16)14-12-20-10-11-21-23(17,18)19/h2-14H2,1H3,(H,17,18,19). The van der Waals surface area contributed by atoms with Crippen LogP contribution < -0.4 is 0 Å². The zero-order valence-electron chi connectivity index (χ0n) is 13.9. The van der Waals surface area contributed by atoms with Gasteiger partial charge in [0.25, 0.3) is 0 Å². The summed E-state index contributed by atoms with van der Waals surface area (Å²) in [5.41, 5.74) is 0. The molecule has 1 N–H and O–H groups in total. The molecule has 0 rings (SSSR count). The van der Waals surface area contributed by atoms with Crippen molar-refractivity contribution >= 4 is 20.2 Å². The van der Waals surface area contributed by atoms with Crippen molar-refractivity contribution in [2.75, 3.05) is 31.3 Å². The Labute approximate surface area is 140 Å². The molecule has 0 amide bonds. The van der Waals surface area contributed by atoms with Gasteiger partial charge >= 0.3 is 10.4 Å². The summed E-state index contributed by atoms with van der Waals surface area (Å²) >= 11 is 0. The Hall–Kier alpha value is -0.220. The summed E-state index contributed by atoms with van der Waals surface area (Å²) < 4.78 is 61.3. The van der Waals surface area contributed by atoms with E-state index in [1.54, 1.807) is 0 Å². The molecule has 9 heteroatoms. The molecule has 140 valence electrons. The zero-order chi connectivity index (χ0) is 17.6. The highest BCUT2D eigenvalue weighted by molar-refractivity contribution is 7.91. The summed E-state index contributed by atoms with van der Waals surface area (Å²) in [7, 11) is -7.60. The summed E-state index contributed by atoms with van der Waals surface area (Å²) in [6.45, 7) is 1.74. The van der Waals surface area contributed by atoms with Crippen molar-refractivity contribution in [2.24, 2.45) is 0 Å². The van der Waals surface area contributed by atoms with Crippen LogP contribution in [0.2, 0.25) is 0 Å². The van der Waals surface area contributed by atoms with Crippen molar-refractivity contribution in [3.05, 3.63) is 0 Å². The second-order valence-electron chi connectivity index (χ2n) is 5.49. The molecule has 0 aromatic rings. The quantitative estimate of drug-likeness (QED) is 0.326. The summed E-state index contributed by atoms with van der Waals surface area (Å²) in [5.74, 6) is 0.0716. The fourth-order valence-electron chi connectivity index (χ4n) is 2.04. The van der Waals surface area contributed by atoms with E-state index in [4.69, 9.17) is 9.29 Å². The first-order valence-corrected chi connectivity index (χ1v) is 11.4. The molecule has 0 saturated carbocycles. The van der Waals surface area contributed by atoms with Crippen molar-refractivity contribution < 1.29 is 30.3 Å². The molecule has 23 heavy (non-hydrogen) atoms. The first-order valence-electron chi connectivity index (χ1n) is 8.17. The third-order valence-electron chi connectivity index (χ3n) is 3.31. The van der Waals surface area contributed by atoms with E-state index >= 15 is 0 Å². The van der Waals surface area contributed by atoms with Gasteiger partial charge in [-0.1, -0.05) is 51.9 Å². The third kappa shape index (κ3) is 18.0. The Morgan fingerprint density at radius 3 is 1.87 bits per heavy atom. The average molecular weight is 375 g/mol. The van der Waals surface area contributed by atoms with Gasteiger partial charge in [-0.3, -0.25) is 4.55 Å². The fraction of sp³-hybridized carbons (Fsp3) is 1.00. The monoisotopic (exact) mass is 374 g/mol. The Bertz CT molecular complexity index is 471. The highest BCUT2D eigenvalue weighted by atomic mass is 32.3. The van der Waals surface area contributed by atoms with Gasteiger partial charge in [-0.15, -0.1) is 0 Å². The van der Waals surface area contributed by atoms with Crippen LogP contribution in [0.3, 0.4) is 0 Å². The van der Waals surface area contributed by atoms with Crippen LogP contribution in [0.1, 0.15) is 58.3 Å². The molecule has 0 aliphatic rings. The van der Waals surface area contributed by atoms with Crippen LogP contribution in [-0.4, -0.2) is 52.7 Å².